The molecule has 1 aromatic carbocycles. The second-order valence-corrected chi connectivity index (χ2v) is 4.44. The second kappa shape index (κ2) is 4.78. The molecule has 2 heterocycles. The molecular formula is C12H8ClN5O2. The average Bonchev–Trinajstić information content (AvgIpc) is 2.85. The number of hydrogen-bond donors (Lipinski definition) is 2. The van der Waals surface area contributed by atoms with Crippen molar-refractivity contribution < 1.29 is 4.92 Å². The van der Waals surface area contributed by atoms with Crippen molar-refractivity contribution in [2.24, 2.45) is 0 Å². The summed E-state index contributed by atoms with van der Waals surface area (Å²) in [5, 5.41) is 21.7. The van der Waals surface area contributed by atoms with E-state index in [2.05, 4.69) is 20.5 Å². The number of aromatic amines is 1. The summed E-state index contributed by atoms with van der Waals surface area (Å²) in [6, 6.07) is 8.10. The maximum atomic E-state index is 11.0. The van der Waals surface area contributed by atoms with Crippen molar-refractivity contribution in [2.45, 2.75) is 0 Å². The Kier molecular flexibility index (Phi) is 2.96. The van der Waals surface area contributed by atoms with Gasteiger partial charge in [-0.2, -0.15) is 5.10 Å². The predicted molar refractivity (Wildman–Crippen MR) is 75.3 cm³/mol. The van der Waals surface area contributed by atoms with E-state index in [4.69, 9.17) is 11.6 Å². The summed E-state index contributed by atoms with van der Waals surface area (Å²) in [6.45, 7) is 0. The standard InChI is InChI=1S/C12H8ClN5O2/c13-11-4-3-10(18(19)20)12(16-11)15-8-2-1-7-6-14-17-9(7)5-8/h1-6H,(H,14,17)(H,15,16). The van der Waals surface area contributed by atoms with Crippen LogP contribution in [0.4, 0.5) is 17.2 Å². The first-order chi connectivity index (χ1) is 9.63. The first kappa shape index (κ1) is 12.4. The van der Waals surface area contributed by atoms with E-state index in [0.717, 1.165) is 10.9 Å². The van der Waals surface area contributed by atoms with Gasteiger partial charge in [0.2, 0.25) is 5.82 Å². The maximum absolute atomic E-state index is 11.0. The molecule has 0 aliphatic heterocycles. The fraction of sp³-hybridized carbons (Fsp3) is 0. The quantitative estimate of drug-likeness (QED) is 0.438. The second-order valence-electron chi connectivity index (χ2n) is 4.06. The molecule has 0 fully saturated rings. The van der Waals surface area contributed by atoms with E-state index in [0.29, 0.717) is 5.69 Å². The maximum Gasteiger partial charge on any atom is 0.311 e. The smallest absolute Gasteiger partial charge is 0.311 e. The number of pyridine rings is 1. The number of hydrogen-bond acceptors (Lipinski definition) is 5. The van der Waals surface area contributed by atoms with E-state index in [1.807, 2.05) is 6.07 Å². The Bertz CT molecular complexity index is 801. The Morgan fingerprint density at radius 3 is 2.95 bits per heavy atom. The molecule has 0 unspecified atom stereocenters. The number of nitrogens with one attached hydrogen (secondary N) is 2. The van der Waals surface area contributed by atoms with E-state index in [1.165, 1.54) is 12.1 Å². The molecule has 0 amide bonds. The first-order valence-corrected chi connectivity index (χ1v) is 6.02. The molecule has 0 aliphatic rings. The van der Waals surface area contributed by atoms with Gasteiger partial charge < -0.3 is 5.32 Å². The molecule has 0 aliphatic carbocycles. The van der Waals surface area contributed by atoms with Gasteiger partial charge in [-0.3, -0.25) is 15.2 Å². The van der Waals surface area contributed by atoms with E-state index in [1.54, 1.807) is 18.3 Å². The van der Waals surface area contributed by atoms with Gasteiger partial charge in [0.05, 0.1) is 16.6 Å². The van der Waals surface area contributed by atoms with Crippen LogP contribution in [0.15, 0.2) is 36.5 Å². The third-order valence-corrected chi connectivity index (χ3v) is 2.95. The van der Waals surface area contributed by atoms with Crippen molar-refractivity contribution in [1.82, 2.24) is 15.2 Å². The number of benzene rings is 1. The third-order valence-electron chi connectivity index (χ3n) is 2.74. The number of H-pyrrole nitrogens is 1. The Morgan fingerprint density at radius 1 is 1.30 bits per heavy atom. The number of aromatic nitrogens is 3. The Labute approximate surface area is 117 Å². The van der Waals surface area contributed by atoms with Crippen molar-refractivity contribution in [2.75, 3.05) is 5.32 Å². The van der Waals surface area contributed by atoms with Gasteiger partial charge in [0.1, 0.15) is 5.15 Å². The van der Waals surface area contributed by atoms with Gasteiger partial charge in [-0.1, -0.05) is 11.6 Å². The van der Waals surface area contributed by atoms with E-state index in [9.17, 15) is 10.1 Å². The molecule has 2 aromatic heterocycles. The highest BCUT2D eigenvalue weighted by Crippen LogP contribution is 2.28. The van der Waals surface area contributed by atoms with Gasteiger partial charge >= 0.3 is 5.69 Å². The molecule has 8 heteroatoms. The highest BCUT2D eigenvalue weighted by molar-refractivity contribution is 6.29. The van der Waals surface area contributed by atoms with Crippen molar-refractivity contribution >= 4 is 39.7 Å². The van der Waals surface area contributed by atoms with Crippen molar-refractivity contribution in [1.29, 1.82) is 0 Å². The Hall–Kier alpha value is -2.67. The zero-order valence-electron chi connectivity index (χ0n) is 10.0. The molecule has 0 bridgehead atoms. The normalized spacial score (nSPS) is 10.7. The third kappa shape index (κ3) is 2.26. The van der Waals surface area contributed by atoms with Crippen LogP contribution < -0.4 is 5.32 Å². The molecule has 0 saturated carbocycles. The molecule has 3 aromatic rings. The van der Waals surface area contributed by atoms with Crippen molar-refractivity contribution in [3.63, 3.8) is 0 Å². The van der Waals surface area contributed by atoms with Crippen LogP contribution in [0.2, 0.25) is 5.15 Å². The highest BCUT2D eigenvalue weighted by atomic mass is 35.5. The molecule has 100 valence electrons. The minimum absolute atomic E-state index is 0.0985. The predicted octanol–water partition coefficient (Wildman–Crippen LogP) is 3.26. The van der Waals surface area contributed by atoms with Gasteiger partial charge in [-0.25, -0.2) is 4.98 Å². The Balaban J connectivity index is 2.01. The van der Waals surface area contributed by atoms with Gasteiger partial charge in [0.15, 0.2) is 0 Å². The lowest BCUT2D eigenvalue weighted by Crippen LogP contribution is -1.99. The highest BCUT2D eigenvalue weighted by Gasteiger charge is 2.16. The van der Waals surface area contributed by atoms with Crippen LogP contribution in [0.5, 0.6) is 0 Å². The molecule has 0 atom stereocenters. The topological polar surface area (TPSA) is 96.7 Å². The van der Waals surface area contributed by atoms with Crippen LogP contribution >= 0.6 is 11.6 Å². The molecular weight excluding hydrogens is 282 g/mol. The van der Waals surface area contributed by atoms with Crippen LogP contribution in [0.25, 0.3) is 10.9 Å². The molecule has 7 nitrogen and oxygen atoms in total. The fourth-order valence-electron chi connectivity index (χ4n) is 1.82. The fourth-order valence-corrected chi connectivity index (χ4v) is 1.97. The Morgan fingerprint density at radius 2 is 2.15 bits per heavy atom. The van der Waals surface area contributed by atoms with E-state index in [-0.39, 0.29) is 16.7 Å². The summed E-state index contributed by atoms with van der Waals surface area (Å²) in [7, 11) is 0. The van der Waals surface area contributed by atoms with Gasteiger partial charge in [-0.05, 0) is 24.3 Å². The summed E-state index contributed by atoms with van der Waals surface area (Å²) in [5.74, 6) is 0.0985. The number of nitro groups is 1. The molecule has 20 heavy (non-hydrogen) atoms. The lowest BCUT2D eigenvalue weighted by Gasteiger charge is -2.06. The summed E-state index contributed by atoms with van der Waals surface area (Å²) in [4.78, 5) is 14.4. The van der Waals surface area contributed by atoms with Crippen LogP contribution in [0, 0.1) is 10.1 Å². The van der Waals surface area contributed by atoms with Gasteiger partial charge in [-0.15, -0.1) is 0 Å². The van der Waals surface area contributed by atoms with Crippen LogP contribution in [-0.2, 0) is 0 Å². The minimum Gasteiger partial charge on any atom is -0.334 e. The van der Waals surface area contributed by atoms with Gasteiger partial charge in [0, 0.05) is 17.1 Å². The monoisotopic (exact) mass is 289 g/mol. The number of rotatable bonds is 3. The zero-order chi connectivity index (χ0) is 14.1. The lowest BCUT2D eigenvalue weighted by atomic mass is 10.2. The minimum atomic E-state index is -0.514. The summed E-state index contributed by atoms with van der Waals surface area (Å²) >= 11 is 5.78. The molecule has 2 N–H and O–H groups in total. The van der Waals surface area contributed by atoms with Gasteiger partial charge in [0.25, 0.3) is 0 Å². The largest absolute Gasteiger partial charge is 0.334 e. The number of halogens is 1. The van der Waals surface area contributed by atoms with E-state index < -0.39 is 4.92 Å². The molecule has 0 saturated heterocycles. The summed E-state index contributed by atoms with van der Waals surface area (Å²) in [6.07, 6.45) is 1.69. The van der Waals surface area contributed by atoms with E-state index >= 15 is 0 Å². The molecule has 0 radical (unpaired) electrons. The number of nitrogens with zero attached hydrogens (tertiary/aromatic N) is 3. The molecule has 0 spiro atoms. The van der Waals surface area contributed by atoms with Crippen LogP contribution in [0.3, 0.4) is 0 Å². The van der Waals surface area contributed by atoms with Crippen LogP contribution in [-0.4, -0.2) is 20.1 Å². The molecule has 3 rings (SSSR count). The SMILES string of the molecule is O=[N+]([O-])c1ccc(Cl)nc1Nc1ccc2cn[nH]c2c1. The van der Waals surface area contributed by atoms with Crippen molar-refractivity contribution in [3.8, 4) is 0 Å². The summed E-state index contributed by atoms with van der Waals surface area (Å²) in [5.41, 5.74) is 1.33. The number of fused-ring (bicyclic) bond motifs is 1. The first-order valence-electron chi connectivity index (χ1n) is 5.64. The lowest BCUT2D eigenvalue weighted by molar-refractivity contribution is -0.384. The van der Waals surface area contributed by atoms with Crippen LogP contribution in [0.1, 0.15) is 0 Å². The average molecular weight is 290 g/mol. The summed E-state index contributed by atoms with van der Waals surface area (Å²) < 4.78 is 0. The van der Waals surface area contributed by atoms with Crippen molar-refractivity contribution in [3.05, 3.63) is 51.8 Å². The zero-order valence-corrected chi connectivity index (χ0v) is 10.8. The number of anilines is 2.